The van der Waals surface area contributed by atoms with Crippen LogP contribution in [0.25, 0.3) is 21.5 Å². The van der Waals surface area contributed by atoms with Gasteiger partial charge in [-0.25, -0.2) is 0 Å². The molecule has 6 aromatic rings. The van der Waals surface area contributed by atoms with E-state index >= 15 is 0 Å². The summed E-state index contributed by atoms with van der Waals surface area (Å²) in [4.78, 5) is 4.01. The van der Waals surface area contributed by atoms with Crippen molar-refractivity contribution in [3.63, 3.8) is 0 Å². The molecule has 1 aliphatic carbocycles. The quantitative estimate of drug-likeness (QED) is 0.0805. The van der Waals surface area contributed by atoms with Gasteiger partial charge in [-0.05, 0) is 61.1 Å². The van der Waals surface area contributed by atoms with Gasteiger partial charge in [0.15, 0.2) is 0 Å². The van der Waals surface area contributed by atoms with Gasteiger partial charge in [-0.3, -0.25) is 4.98 Å². The molecule has 0 spiro atoms. The molecule has 0 fully saturated rings. The number of benzene rings is 5. The van der Waals surface area contributed by atoms with Gasteiger partial charge in [0.2, 0.25) is 0 Å². The Hall–Kier alpha value is -3.70. The smallest absolute Gasteiger partial charge is 0.0346 e. The molecule has 1 nitrogen and oxygen atoms in total. The van der Waals surface area contributed by atoms with E-state index in [0.717, 1.165) is 0 Å². The molecular formula is C39H35NPRh-. The predicted molar refractivity (Wildman–Crippen MR) is 180 cm³/mol. The van der Waals surface area contributed by atoms with Gasteiger partial charge in [0.25, 0.3) is 0 Å². The average molecular weight is 652 g/mol. The normalized spacial score (nSPS) is 13.0. The Morgan fingerprint density at radius 3 is 1.55 bits per heavy atom. The molecular weight excluding hydrogens is 616 g/mol. The Kier molecular flexibility index (Phi) is 12.9. The molecule has 0 atom stereocenters. The molecule has 0 unspecified atom stereocenters. The van der Waals surface area contributed by atoms with Crippen LogP contribution in [0.1, 0.15) is 25.7 Å². The van der Waals surface area contributed by atoms with Crippen LogP contribution in [0.15, 0.2) is 164 Å². The van der Waals surface area contributed by atoms with Crippen LogP contribution >= 0.6 is 7.92 Å². The first-order valence-electron chi connectivity index (χ1n) is 14.3. The van der Waals surface area contributed by atoms with Crippen molar-refractivity contribution in [2.75, 3.05) is 0 Å². The molecule has 0 bridgehead atoms. The maximum Gasteiger partial charge on any atom is 0.0346 e. The number of rotatable bonds is 3. The molecule has 1 aromatic heterocycles. The van der Waals surface area contributed by atoms with Crippen LogP contribution in [0.2, 0.25) is 0 Å². The minimum Gasteiger partial charge on any atom is -0.264 e. The molecule has 0 amide bonds. The molecule has 0 saturated carbocycles. The van der Waals surface area contributed by atoms with Crippen molar-refractivity contribution in [1.82, 2.24) is 4.98 Å². The molecule has 3 heteroatoms. The molecule has 7 rings (SSSR count). The van der Waals surface area contributed by atoms with Gasteiger partial charge in [-0.1, -0.05) is 127 Å². The maximum atomic E-state index is 4.01. The van der Waals surface area contributed by atoms with Gasteiger partial charge in [0, 0.05) is 31.9 Å². The van der Waals surface area contributed by atoms with Crippen LogP contribution in [-0.2, 0) is 19.5 Å². The predicted octanol–water partition coefficient (Wildman–Crippen LogP) is 9.30. The van der Waals surface area contributed by atoms with Gasteiger partial charge in [0.05, 0.1) is 0 Å². The van der Waals surface area contributed by atoms with E-state index in [1.54, 1.807) is 0 Å². The van der Waals surface area contributed by atoms with Crippen molar-refractivity contribution in [2.24, 2.45) is 0 Å². The molecule has 0 saturated heterocycles. The number of nitrogens with zero attached hydrogens (tertiary/aromatic N) is 1. The minimum atomic E-state index is -0.575. The molecule has 1 heterocycles. The van der Waals surface area contributed by atoms with Crippen LogP contribution in [0.4, 0.5) is 0 Å². The van der Waals surface area contributed by atoms with E-state index < -0.39 is 7.92 Å². The summed E-state index contributed by atoms with van der Waals surface area (Å²) in [5.74, 6) is 0. The summed E-state index contributed by atoms with van der Waals surface area (Å²) in [5, 5.41) is 8.87. The van der Waals surface area contributed by atoms with E-state index in [1.165, 1.54) is 63.1 Å². The fraction of sp³-hybridized carbons (Fsp3) is 0.103. The number of hydrogen-bond acceptors (Lipinski definition) is 1. The maximum absolute atomic E-state index is 4.01. The number of aromatic nitrogens is 1. The summed E-state index contributed by atoms with van der Waals surface area (Å²) < 4.78 is 0. The second-order valence-corrected chi connectivity index (χ2v) is 11.9. The summed E-state index contributed by atoms with van der Waals surface area (Å²) in [6.07, 6.45) is 17.7. The third-order valence-corrected chi connectivity index (χ3v) is 9.17. The average Bonchev–Trinajstić information content (AvgIpc) is 3.03. The first-order chi connectivity index (χ1) is 20.4. The standard InChI is InChI=1S/C22H16P.C9H7N.C8H12.Rh/c1-3-11-20(12-4-1)23(21-13-5-2-6-14-21)22-16-15-18-9-7-8-10-19(18)17-22;1-2-4-9-7-10-6-5-8(9)3-1;1-2-4-6-8-7-5-3-1;/h1-16H;1-7H;1-2,7-8H,3-6H2;/q-1;;;/b;;2-1-,8-7?;. The molecule has 211 valence electrons. The fourth-order valence-electron chi connectivity index (χ4n) is 4.70. The Morgan fingerprint density at radius 1 is 0.476 bits per heavy atom. The largest absolute Gasteiger partial charge is 0.264 e. The molecule has 1 aliphatic rings. The number of hydrogen-bond donors (Lipinski definition) is 0. The van der Waals surface area contributed by atoms with Gasteiger partial charge in [-0.2, -0.15) is 0 Å². The van der Waals surface area contributed by atoms with Crippen molar-refractivity contribution in [3.05, 3.63) is 170 Å². The molecule has 1 radical (unpaired) electrons. The first-order valence-corrected chi connectivity index (χ1v) is 15.6. The van der Waals surface area contributed by atoms with Crippen LogP contribution in [0.3, 0.4) is 0 Å². The Balaban J connectivity index is 0.000000175. The molecule has 0 N–H and O–H groups in total. The first kappa shape index (κ1) is 31.2. The van der Waals surface area contributed by atoms with Gasteiger partial charge >= 0.3 is 0 Å². The zero-order chi connectivity index (χ0) is 28.0. The van der Waals surface area contributed by atoms with Gasteiger partial charge < -0.3 is 0 Å². The third-order valence-electron chi connectivity index (χ3n) is 6.80. The van der Waals surface area contributed by atoms with Crippen molar-refractivity contribution in [2.45, 2.75) is 25.7 Å². The third kappa shape index (κ3) is 9.15. The van der Waals surface area contributed by atoms with Crippen molar-refractivity contribution in [3.8, 4) is 0 Å². The number of fused-ring (bicyclic) bond motifs is 2. The van der Waals surface area contributed by atoms with E-state index in [4.69, 9.17) is 0 Å². The molecule has 42 heavy (non-hydrogen) atoms. The Morgan fingerprint density at radius 2 is 0.976 bits per heavy atom. The molecule has 0 aliphatic heterocycles. The van der Waals surface area contributed by atoms with E-state index in [2.05, 4.69) is 145 Å². The SMILES string of the molecule is C1=CCC/C=C\CC1.[Rh].[c-]1c(P(c2ccccc2)c2ccccc2)ccc2ccccc12.c1ccc2cnccc2c1. The van der Waals surface area contributed by atoms with Crippen molar-refractivity contribution >= 4 is 45.4 Å². The fourth-order valence-corrected chi connectivity index (χ4v) is 6.95. The zero-order valence-corrected chi connectivity index (χ0v) is 26.2. The van der Waals surface area contributed by atoms with Crippen molar-refractivity contribution in [1.29, 1.82) is 0 Å². The summed E-state index contributed by atoms with van der Waals surface area (Å²) >= 11 is 0. The van der Waals surface area contributed by atoms with Crippen molar-refractivity contribution < 1.29 is 19.5 Å². The van der Waals surface area contributed by atoms with Crippen LogP contribution < -0.4 is 15.9 Å². The number of allylic oxidation sites excluding steroid dienone is 4. The van der Waals surface area contributed by atoms with E-state index in [-0.39, 0.29) is 19.5 Å². The number of pyridine rings is 1. The van der Waals surface area contributed by atoms with E-state index in [9.17, 15) is 0 Å². The van der Waals surface area contributed by atoms with Crippen LogP contribution in [0, 0.1) is 6.07 Å². The molecule has 5 aromatic carbocycles. The van der Waals surface area contributed by atoms with Gasteiger partial charge in [-0.15, -0.1) is 41.1 Å². The minimum absolute atomic E-state index is 0. The van der Waals surface area contributed by atoms with Crippen LogP contribution in [0.5, 0.6) is 0 Å². The second-order valence-electron chi connectivity index (χ2n) is 9.76. The summed E-state index contributed by atoms with van der Waals surface area (Å²) in [5.41, 5.74) is 0. The topological polar surface area (TPSA) is 12.9 Å². The zero-order valence-electron chi connectivity index (χ0n) is 23.6. The van der Waals surface area contributed by atoms with Crippen LogP contribution in [-0.4, -0.2) is 4.98 Å². The Labute approximate surface area is 264 Å². The van der Waals surface area contributed by atoms with E-state index in [1.807, 2.05) is 30.6 Å². The van der Waals surface area contributed by atoms with E-state index in [0.29, 0.717) is 0 Å². The Bertz CT molecular complexity index is 1570. The monoisotopic (exact) mass is 651 g/mol. The van der Waals surface area contributed by atoms with Gasteiger partial charge in [0.1, 0.15) is 0 Å². The summed E-state index contributed by atoms with van der Waals surface area (Å²) in [7, 11) is -0.575. The second kappa shape index (κ2) is 17.3. The summed E-state index contributed by atoms with van der Waals surface area (Å²) in [6.45, 7) is 0. The summed E-state index contributed by atoms with van der Waals surface area (Å²) in [6, 6.07) is 48.3.